The summed E-state index contributed by atoms with van der Waals surface area (Å²) in [6, 6.07) is 0. The van der Waals surface area contributed by atoms with Crippen LogP contribution in [0, 0.1) is 0 Å². The fourth-order valence-corrected chi connectivity index (χ4v) is 6.30. The normalized spacial score (nSPS) is 17.2. The van der Waals surface area contributed by atoms with Crippen molar-refractivity contribution >= 4 is 30.3 Å². The Morgan fingerprint density at radius 1 is 0.833 bits per heavy atom. The zero-order valence-corrected chi connectivity index (χ0v) is 18.3. The minimum atomic E-state index is -3.65. The van der Waals surface area contributed by atoms with Crippen molar-refractivity contribution in [2.24, 2.45) is 7.05 Å². The predicted molar refractivity (Wildman–Crippen MR) is 104 cm³/mol. The van der Waals surface area contributed by atoms with Crippen LogP contribution in [0.15, 0.2) is 56.2 Å². The van der Waals surface area contributed by atoms with Crippen molar-refractivity contribution in [1.29, 1.82) is 0 Å². The molecule has 0 aliphatic carbocycles. The Kier molecular flexibility index (Phi) is 6.11. The van der Waals surface area contributed by atoms with E-state index in [0.29, 0.717) is 0 Å². The third kappa shape index (κ3) is 4.77. The standard InChI is InChI=1S/C7H9N4O2S.C7H11N3O4S2/c1-9-4-5-11(7-9)14(12,13)10-3-2-8-6-10;11-15(12)5-3-9(4-6-15)16(13,14)10-2-1-8-7-10/h2-7H,1H3;1-2,7H,3-6H2/q+1;. The molecule has 164 valence electrons. The Morgan fingerprint density at radius 2 is 1.37 bits per heavy atom. The summed E-state index contributed by atoms with van der Waals surface area (Å²) in [5.74, 6) is -0.248. The van der Waals surface area contributed by atoms with Crippen molar-refractivity contribution in [3.8, 4) is 0 Å². The first kappa shape index (κ1) is 22.1. The molecule has 0 bridgehead atoms. The molecule has 0 N–H and O–H groups in total. The molecule has 0 unspecified atom stereocenters. The molecule has 0 saturated carbocycles. The van der Waals surface area contributed by atoms with E-state index in [4.69, 9.17) is 0 Å². The van der Waals surface area contributed by atoms with E-state index in [1.807, 2.05) is 0 Å². The molecule has 0 atom stereocenters. The monoisotopic (exact) mass is 478 g/mol. The van der Waals surface area contributed by atoms with E-state index in [-0.39, 0.29) is 24.6 Å². The van der Waals surface area contributed by atoms with Crippen LogP contribution in [-0.4, -0.2) is 76.0 Å². The van der Waals surface area contributed by atoms with Gasteiger partial charge in [0.05, 0.1) is 18.6 Å². The van der Waals surface area contributed by atoms with Gasteiger partial charge in [-0.15, -0.1) is 3.97 Å². The molecule has 3 aromatic heterocycles. The summed E-state index contributed by atoms with van der Waals surface area (Å²) in [6.07, 6.45) is 12.5. The maximum Gasteiger partial charge on any atom is 0.408 e. The van der Waals surface area contributed by atoms with Crippen LogP contribution in [0.5, 0.6) is 0 Å². The molecular weight excluding hydrogens is 458 g/mol. The van der Waals surface area contributed by atoms with Crippen molar-refractivity contribution < 1.29 is 29.8 Å². The molecule has 16 heteroatoms. The fraction of sp³-hybridized carbons (Fsp3) is 0.357. The zero-order valence-electron chi connectivity index (χ0n) is 15.8. The van der Waals surface area contributed by atoms with Crippen LogP contribution in [0.4, 0.5) is 0 Å². The van der Waals surface area contributed by atoms with Gasteiger partial charge in [-0.25, -0.2) is 26.9 Å². The molecule has 30 heavy (non-hydrogen) atoms. The molecule has 1 saturated heterocycles. The second-order valence-corrected chi connectivity index (χ2v) is 12.1. The lowest BCUT2D eigenvalue weighted by Crippen LogP contribution is -2.45. The first-order chi connectivity index (χ1) is 14.0. The van der Waals surface area contributed by atoms with Crippen molar-refractivity contribution in [2.45, 2.75) is 0 Å². The highest BCUT2D eigenvalue weighted by atomic mass is 32.2. The van der Waals surface area contributed by atoms with Crippen LogP contribution in [0.25, 0.3) is 0 Å². The van der Waals surface area contributed by atoms with Gasteiger partial charge >= 0.3 is 20.4 Å². The van der Waals surface area contributed by atoms with E-state index in [2.05, 4.69) is 9.97 Å². The smallest absolute Gasteiger partial charge is 0.244 e. The Balaban J connectivity index is 0.000000172. The molecule has 4 heterocycles. The third-order valence-corrected chi connectivity index (χ3v) is 9.01. The Bertz CT molecular complexity index is 1280. The van der Waals surface area contributed by atoms with Crippen molar-refractivity contribution in [3.05, 3.63) is 56.2 Å². The Labute approximate surface area is 174 Å². The van der Waals surface area contributed by atoms with Crippen LogP contribution in [0.2, 0.25) is 0 Å². The van der Waals surface area contributed by atoms with Crippen LogP contribution >= 0.6 is 0 Å². The van der Waals surface area contributed by atoms with Crippen molar-refractivity contribution in [2.75, 3.05) is 24.6 Å². The molecule has 0 radical (unpaired) electrons. The lowest BCUT2D eigenvalue weighted by molar-refractivity contribution is -0.670. The van der Waals surface area contributed by atoms with Gasteiger partial charge in [-0.05, 0) is 0 Å². The maximum atomic E-state index is 11.9. The number of hydrogen-bond acceptors (Lipinski definition) is 8. The molecule has 1 aliphatic rings. The number of rotatable bonds is 4. The summed E-state index contributed by atoms with van der Waals surface area (Å²) in [4.78, 5) is 7.34. The molecule has 0 amide bonds. The second-order valence-electron chi connectivity index (χ2n) is 6.26. The summed E-state index contributed by atoms with van der Waals surface area (Å²) < 4.78 is 75.7. The van der Waals surface area contributed by atoms with Gasteiger partial charge in [-0.1, -0.05) is 0 Å². The van der Waals surface area contributed by atoms with E-state index < -0.39 is 30.3 Å². The largest absolute Gasteiger partial charge is 0.408 e. The lowest BCUT2D eigenvalue weighted by Gasteiger charge is -2.25. The molecule has 4 rings (SSSR count). The number of aromatic nitrogens is 6. The number of sulfone groups is 1. The van der Waals surface area contributed by atoms with Crippen LogP contribution in [0.1, 0.15) is 0 Å². The topological polar surface area (TPSA) is 150 Å². The van der Waals surface area contributed by atoms with Gasteiger partial charge in [0.25, 0.3) is 6.33 Å². The summed E-state index contributed by atoms with van der Waals surface area (Å²) in [5.41, 5.74) is 0. The van der Waals surface area contributed by atoms with Crippen LogP contribution in [-0.2, 0) is 37.3 Å². The molecule has 13 nitrogen and oxygen atoms in total. The van der Waals surface area contributed by atoms with Gasteiger partial charge in [0.2, 0.25) is 0 Å². The van der Waals surface area contributed by atoms with Crippen molar-refractivity contribution in [3.63, 3.8) is 0 Å². The molecule has 3 aromatic rings. The van der Waals surface area contributed by atoms with E-state index in [9.17, 15) is 25.3 Å². The molecular formula is C14H20N7O6S3+. The summed E-state index contributed by atoms with van der Waals surface area (Å²) in [6.45, 7) is 0.00565. The van der Waals surface area contributed by atoms with Gasteiger partial charge in [0.15, 0.2) is 9.84 Å². The number of aryl methyl sites for hydroxylation is 1. The summed E-state index contributed by atoms with van der Waals surface area (Å²) in [5, 5.41) is 0. The highest BCUT2D eigenvalue weighted by Crippen LogP contribution is 2.11. The fourth-order valence-electron chi connectivity index (χ4n) is 2.50. The minimum Gasteiger partial charge on any atom is -0.244 e. The highest BCUT2D eigenvalue weighted by molar-refractivity contribution is 7.92. The highest BCUT2D eigenvalue weighted by Gasteiger charge is 2.30. The van der Waals surface area contributed by atoms with E-state index in [1.165, 1.54) is 50.0 Å². The quantitative estimate of drug-likeness (QED) is 0.385. The predicted octanol–water partition coefficient (Wildman–Crippen LogP) is -2.14. The van der Waals surface area contributed by atoms with Crippen molar-refractivity contribution in [1.82, 2.24) is 26.2 Å². The van der Waals surface area contributed by atoms with Gasteiger partial charge in [-0.3, -0.25) is 0 Å². The molecule has 1 fully saturated rings. The van der Waals surface area contributed by atoms with Gasteiger partial charge in [-0.2, -0.15) is 25.1 Å². The first-order valence-corrected chi connectivity index (χ1v) is 13.1. The molecule has 1 aliphatic heterocycles. The van der Waals surface area contributed by atoms with Gasteiger partial charge in [0.1, 0.15) is 25.0 Å². The summed E-state index contributed by atoms with van der Waals surface area (Å²) >= 11 is 0. The van der Waals surface area contributed by atoms with Gasteiger partial charge < -0.3 is 0 Å². The number of imidazole rings is 3. The third-order valence-electron chi connectivity index (χ3n) is 4.13. The maximum absolute atomic E-state index is 11.9. The number of nitrogens with zero attached hydrogens (tertiary/aromatic N) is 7. The molecule has 0 spiro atoms. The molecule has 0 aromatic carbocycles. The number of hydrogen-bond donors (Lipinski definition) is 0. The lowest BCUT2D eigenvalue weighted by atomic mass is 10.6. The van der Waals surface area contributed by atoms with Crippen LogP contribution in [0.3, 0.4) is 0 Å². The van der Waals surface area contributed by atoms with Crippen LogP contribution < -0.4 is 4.57 Å². The zero-order chi connectivity index (χ0) is 22.0. The minimum absolute atomic E-state index is 0.00282. The second kappa shape index (κ2) is 8.29. The first-order valence-electron chi connectivity index (χ1n) is 8.49. The van der Waals surface area contributed by atoms with E-state index >= 15 is 0 Å². The average Bonchev–Trinajstić information content (AvgIpc) is 3.44. The average molecular weight is 479 g/mol. The SMILES string of the molecule is C[n+]1ccn(S(=O)(=O)n2ccnc2)c1.O=S1(=O)CCN(S(=O)(=O)n2ccnc2)CC1. The van der Waals surface area contributed by atoms with E-state index in [1.54, 1.807) is 17.8 Å². The van der Waals surface area contributed by atoms with Gasteiger partial charge in [0, 0.05) is 37.9 Å². The van der Waals surface area contributed by atoms with E-state index in [0.717, 1.165) is 16.2 Å². The summed E-state index contributed by atoms with van der Waals surface area (Å²) in [7, 11) is -8.50. The Morgan fingerprint density at radius 3 is 1.80 bits per heavy atom. The Hall–Kier alpha value is -2.56.